The molecule has 2 bridgehead atoms. The molecule has 80 valence electrons. The van der Waals surface area contributed by atoms with Crippen LogP contribution in [-0.4, -0.2) is 30.2 Å². The summed E-state index contributed by atoms with van der Waals surface area (Å²) in [4.78, 5) is 6.72. The zero-order valence-corrected chi connectivity index (χ0v) is 9.24. The van der Waals surface area contributed by atoms with Gasteiger partial charge < -0.3 is 10.2 Å². The second-order valence-electron chi connectivity index (χ2n) is 4.38. The molecule has 2 saturated heterocycles. The third kappa shape index (κ3) is 1.82. The normalized spacial score (nSPS) is 29.5. The van der Waals surface area contributed by atoms with Crippen molar-refractivity contribution in [3.63, 3.8) is 0 Å². The molecule has 4 heteroatoms. The summed E-state index contributed by atoms with van der Waals surface area (Å²) < 4.78 is 0. The fraction of sp³-hybridized carbons (Fsp3) is 0.545. The summed E-state index contributed by atoms with van der Waals surface area (Å²) in [5.74, 6) is 1.05. The predicted octanol–water partition coefficient (Wildman–Crippen LogP) is 1.68. The van der Waals surface area contributed by atoms with E-state index >= 15 is 0 Å². The Bertz CT molecular complexity index is 339. The molecule has 1 aromatic rings. The van der Waals surface area contributed by atoms with Gasteiger partial charge in [0.05, 0.1) is 5.02 Å². The van der Waals surface area contributed by atoms with Crippen LogP contribution >= 0.6 is 11.6 Å². The minimum atomic E-state index is 0.654. The molecule has 0 saturated carbocycles. The summed E-state index contributed by atoms with van der Waals surface area (Å²) in [6, 6.07) is 5.23. The number of hydrogen-bond acceptors (Lipinski definition) is 3. The zero-order valence-electron chi connectivity index (χ0n) is 8.49. The van der Waals surface area contributed by atoms with E-state index in [2.05, 4.69) is 15.2 Å². The zero-order chi connectivity index (χ0) is 10.3. The Morgan fingerprint density at radius 3 is 2.60 bits per heavy atom. The fourth-order valence-corrected chi connectivity index (χ4v) is 2.65. The van der Waals surface area contributed by atoms with Crippen molar-refractivity contribution in [1.82, 2.24) is 10.3 Å². The van der Waals surface area contributed by atoms with Crippen LogP contribution in [0.4, 0.5) is 5.82 Å². The average molecular weight is 224 g/mol. The van der Waals surface area contributed by atoms with Crippen LogP contribution in [0.5, 0.6) is 0 Å². The molecule has 0 aromatic carbocycles. The summed E-state index contributed by atoms with van der Waals surface area (Å²) in [5, 5.41) is 4.31. The Balaban J connectivity index is 1.80. The lowest BCUT2D eigenvalue weighted by Gasteiger charge is -2.33. The highest BCUT2D eigenvalue weighted by Gasteiger charge is 2.32. The lowest BCUT2D eigenvalue weighted by atomic mass is 10.2. The van der Waals surface area contributed by atoms with Crippen molar-refractivity contribution in [2.45, 2.75) is 24.9 Å². The molecule has 0 aliphatic carbocycles. The lowest BCUT2D eigenvalue weighted by molar-refractivity contribution is 0.463. The van der Waals surface area contributed by atoms with E-state index in [1.54, 1.807) is 6.20 Å². The number of nitrogens with one attached hydrogen (secondary N) is 1. The van der Waals surface area contributed by atoms with E-state index in [1.165, 1.54) is 12.8 Å². The van der Waals surface area contributed by atoms with Crippen LogP contribution in [0.2, 0.25) is 5.02 Å². The molecule has 2 atom stereocenters. The lowest BCUT2D eigenvalue weighted by Crippen LogP contribution is -2.51. The molecule has 0 radical (unpaired) electrons. The second kappa shape index (κ2) is 3.65. The summed E-state index contributed by atoms with van der Waals surface area (Å²) in [6.45, 7) is 2.15. The minimum Gasteiger partial charge on any atom is -0.353 e. The van der Waals surface area contributed by atoms with E-state index in [4.69, 9.17) is 11.6 Å². The quantitative estimate of drug-likeness (QED) is 0.785. The van der Waals surface area contributed by atoms with Gasteiger partial charge in [0.15, 0.2) is 0 Å². The van der Waals surface area contributed by atoms with Crippen LogP contribution in [0.3, 0.4) is 0 Å². The van der Waals surface area contributed by atoms with Gasteiger partial charge in [0.2, 0.25) is 0 Å². The molecule has 0 unspecified atom stereocenters. The summed E-state index contributed by atoms with van der Waals surface area (Å²) >= 11 is 5.83. The van der Waals surface area contributed by atoms with Crippen LogP contribution < -0.4 is 10.2 Å². The standard InChI is InChI=1S/C11H14ClN3/c12-8-1-4-11(13-5-8)15-6-9-2-3-10(7-15)14-9/h1,4-5,9-10,14H,2-3,6-7H2/t9-,10+. The van der Waals surface area contributed by atoms with Crippen molar-refractivity contribution in [3.8, 4) is 0 Å². The summed E-state index contributed by atoms with van der Waals surface area (Å²) in [5.41, 5.74) is 0. The monoisotopic (exact) mass is 223 g/mol. The highest BCUT2D eigenvalue weighted by Crippen LogP contribution is 2.24. The molecule has 3 rings (SSSR count). The molecule has 2 aliphatic heterocycles. The Hall–Kier alpha value is -0.800. The fourth-order valence-electron chi connectivity index (χ4n) is 2.54. The molecule has 2 aliphatic rings. The van der Waals surface area contributed by atoms with Gasteiger partial charge in [0, 0.05) is 31.4 Å². The van der Waals surface area contributed by atoms with Crippen molar-refractivity contribution in [2.24, 2.45) is 0 Å². The summed E-state index contributed by atoms with van der Waals surface area (Å²) in [6.07, 6.45) is 4.32. The van der Waals surface area contributed by atoms with Crippen molar-refractivity contribution >= 4 is 17.4 Å². The largest absolute Gasteiger partial charge is 0.353 e. The van der Waals surface area contributed by atoms with Crippen LogP contribution in [0.1, 0.15) is 12.8 Å². The van der Waals surface area contributed by atoms with Crippen molar-refractivity contribution in [2.75, 3.05) is 18.0 Å². The smallest absolute Gasteiger partial charge is 0.128 e. The van der Waals surface area contributed by atoms with Crippen molar-refractivity contribution in [1.29, 1.82) is 0 Å². The van der Waals surface area contributed by atoms with Gasteiger partial charge in [-0.1, -0.05) is 11.6 Å². The maximum absolute atomic E-state index is 5.83. The van der Waals surface area contributed by atoms with Gasteiger partial charge >= 0.3 is 0 Å². The van der Waals surface area contributed by atoms with Crippen LogP contribution in [0, 0.1) is 0 Å². The third-order valence-corrected chi connectivity index (χ3v) is 3.48. The molecule has 3 nitrogen and oxygen atoms in total. The minimum absolute atomic E-state index is 0.654. The first-order valence-corrected chi connectivity index (χ1v) is 5.81. The van der Waals surface area contributed by atoms with Crippen molar-refractivity contribution in [3.05, 3.63) is 23.4 Å². The van der Waals surface area contributed by atoms with Gasteiger partial charge in [-0.15, -0.1) is 0 Å². The molecule has 0 spiro atoms. The van der Waals surface area contributed by atoms with E-state index in [1.807, 2.05) is 12.1 Å². The number of nitrogens with zero attached hydrogens (tertiary/aromatic N) is 2. The van der Waals surface area contributed by atoms with Crippen LogP contribution in [0.15, 0.2) is 18.3 Å². The number of piperazine rings is 1. The number of halogens is 1. The van der Waals surface area contributed by atoms with E-state index in [9.17, 15) is 0 Å². The number of anilines is 1. The third-order valence-electron chi connectivity index (χ3n) is 3.25. The predicted molar refractivity (Wildman–Crippen MR) is 61.4 cm³/mol. The number of hydrogen-bond donors (Lipinski definition) is 1. The number of aromatic nitrogens is 1. The number of rotatable bonds is 1. The molecule has 2 fully saturated rings. The number of fused-ring (bicyclic) bond motifs is 2. The van der Waals surface area contributed by atoms with Gasteiger partial charge in [-0.25, -0.2) is 4.98 Å². The SMILES string of the molecule is Clc1ccc(N2C[C@H]3CC[C@@H](C2)N3)nc1. The first-order chi connectivity index (χ1) is 7.31. The van der Waals surface area contributed by atoms with Gasteiger partial charge in [0.25, 0.3) is 0 Å². The molecule has 0 amide bonds. The van der Waals surface area contributed by atoms with Gasteiger partial charge in [-0.05, 0) is 25.0 Å². The maximum atomic E-state index is 5.83. The van der Waals surface area contributed by atoms with Crippen molar-refractivity contribution < 1.29 is 0 Å². The highest BCUT2D eigenvalue weighted by molar-refractivity contribution is 6.30. The van der Waals surface area contributed by atoms with Crippen LogP contribution in [-0.2, 0) is 0 Å². The Labute approximate surface area is 94.4 Å². The Morgan fingerprint density at radius 2 is 2.00 bits per heavy atom. The van der Waals surface area contributed by atoms with E-state index in [0.717, 1.165) is 18.9 Å². The molecular formula is C11H14ClN3. The Kier molecular flexibility index (Phi) is 2.29. The van der Waals surface area contributed by atoms with E-state index in [0.29, 0.717) is 17.1 Å². The van der Waals surface area contributed by atoms with E-state index < -0.39 is 0 Å². The maximum Gasteiger partial charge on any atom is 0.128 e. The number of pyridine rings is 1. The van der Waals surface area contributed by atoms with Gasteiger partial charge in [-0.2, -0.15) is 0 Å². The highest BCUT2D eigenvalue weighted by atomic mass is 35.5. The summed E-state index contributed by atoms with van der Waals surface area (Å²) in [7, 11) is 0. The van der Waals surface area contributed by atoms with Crippen LogP contribution in [0.25, 0.3) is 0 Å². The average Bonchev–Trinajstić information content (AvgIpc) is 2.59. The first kappa shape index (κ1) is 9.43. The van der Waals surface area contributed by atoms with Gasteiger partial charge in [0.1, 0.15) is 5.82 Å². The first-order valence-electron chi connectivity index (χ1n) is 5.44. The van der Waals surface area contributed by atoms with E-state index in [-0.39, 0.29) is 0 Å². The molecular weight excluding hydrogens is 210 g/mol. The molecule has 1 N–H and O–H groups in total. The van der Waals surface area contributed by atoms with Gasteiger partial charge in [-0.3, -0.25) is 0 Å². The topological polar surface area (TPSA) is 28.2 Å². The molecule has 1 aromatic heterocycles. The Morgan fingerprint density at radius 1 is 1.27 bits per heavy atom. The molecule has 15 heavy (non-hydrogen) atoms. The molecule has 3 heterocycles. The second-order valence-corrected chi connectivity index (χ2v) is 4.81.